The van der Waals surface area contributed by atoms with E-state index in [1.54, 1.807) is 0 Å². The van der Waals surface area contributed by atoms with Gasteiger partial charge in [-0.3, -0.25) is 0 Å². The molecule has 0 aromatic carbocycles. The minimum atomic E-state index is 0.871. The Labute approximate surface area is 123 Å². The third-order valence-corrected chi connectivity index (χ3v) is 4.48. The topological polar surface area (TPSA) is 0 Å². The van der Waals surface area contributed by atoms with Crippen molar-refractivity contribution >= 4 is 0 Å². The van der Waals surface area contributed by atoms with Crippen molar-refractivity contribution < 1.29 is 0 Å². The Balaban J connectivity index is 3.53. The van der Waals surface area contributed by atoms with Gasteiger partial charge in [0.15, 0.2) is 0 Å². The molecule has 0 nitrogen and oxygen atoms in total. The Hall–Kier alpha value is 0. The van der Waals surface area contributed by atoms with Gasteiger partial charge in [0.05, 0.1) is 0 Å². The molecule has 116 valence electrons. The molecule has 0 saturated carbocycles. The maximum Gasteiger partial charge on any atom is -0.0417 e. The van der Waals surface area contributed by atoms with Crippen LogP contribution in [0.1, 0.15) is 105 Å². The Morgan fingerprint density at radius 1 is 0.684 bits per heavy atom. The molecule has 0 saturated heterocycles. The molecule has 0 heteroatoms. The molecular weight excluding hydrogens is 228 g/mol. The second-order valence-corrected chi connectivity index (χ2v) is 7.14. The van der Waals surface area contributed by atoms with E-state index in [1.165, 1.54) is 70.6 Å². The van der Waals surface area contributed by atoms with Gasteiger partial charge < -0.3 is 0 Å². The van der Waals surface area contributed by atoms with Gasteiger partial charge in [-0.25, -0.2) is 0 Å². The molecule has 2 atom stereocenters. The fraction of sp³-hybridized carbons (Fsp3) is 1.00. The third kappa shape index (κ3) is 12.8. The lowest BCUT2D eigenvalue weighted by Crippen LogP contribution is -2.03. The van der Waals surface area contributed by atoms with E-state index in [2.05, 4.69) is 34.6 Å². The first-order valence-corrected chi connectivity index (χ1v) is 9.10. The average Bonchev–Trinajstić information content (AvgIpc) is 2.35. The van der Waals surface area contributed by atoms with Crippen LogP contribution in [-0.2, 0) is 0 Å². The molecule has 0 aliphatic heterocycles. The van der Waals surface area contributed by atoms with E-state index in [1.807, 2.05) is 0 Å². The minimum absolute atomic E-state index is 0.871. The summed E-state index contributed by atoms with van der Waals surface area (Å²) >= 11 is 0. The molecule has 0 aliphatic rings. The van der Waals surface area contributed by atoms with E-state index in [0.29, 0.717) is 0 Å². The summed E-state index contributed by atoms with van der Waals surface area (Å²) in [4.78, 5) is 0. The van der Waals surface area contributed by atoms with Gasteiger partial charge in [-0.15, -0.1) is 0 Å². The van der Waals surface area contributed by atoms with E-state index in [4.69, 9.17) is 0 Å². The number of unbranched alkanes of at least 4 members (excludes halogenated alkanes) is 4. The summed E-state index contributed by atoms with van der Waals surface area (Å²) < 4.78 is 0. The normalized spacial score (nSPS) is 14.8. The zero-order valence-electron chi connectivity index (χ0n) is 14.5. The minimum Gasteiger partial charge on any atom is -0.0654 e. The van der Waals surface area contributed by atoms with Gasteiger partial charge in [-0.05, 0) is 24.2 Å². The molecule has 0 N–H and O–H groups in total. The molecule has 0 aromatic rings. The van der Waals surface area contributed by atoms with E-state index in [9.17, 15) is 0 Å². The van der Waals surface area contributed by atoms with Crippen molar-refractivity contribution in [3.05, 3.63) is 0 Å². The fourth-order valence-corrected chi connectivity index (χ4v) is 3.27. The predicted octanol–water partition coefficient (Wildman–Crippen LogP) is 7.23. The molecular formula is C19H40. The lowest BCUT2D eigenvalue weighted by molar-refractivity contribution is 0.354. The number of hydrogen-bond donors (Lipinski definition) is 0. The molecule has 19 heavy (non-hydrogen) atoms. The van der Waals surface area contributed by atoms with Crippen LogP contribution in [0.3, 0.4) is 0 Å². The van der Waals surface area contributed by atoms with E-state index >= 15 is 0 Å². The molecule has 0 amide bonds. The first-order chi connectivity index (χ1) is 9.10. The molecule has 2 unspecified atom stereocenters. The summed E-state index contributed by atoms with van der Waals surface area (Å²) in [7, 11) is 0. The van der Waals surface area contributed by atoms with Crippen LogP contribution in [0.25, 0.3) is 0 Å². The highest BCUT2D eigenvalue weighted by molar-refractivity contribution is 4.62. The number of hydrogen-bond acceptors (Lipinski definition) is 0. The first kappa shape index (κ1) is 19.0. The summed E-state index contributed by atoms with van der Waals surface area (Å²) in [5, 5.41) is 0. The van der Waals surface area contributed by atoms with Gasteiger partial charge in [0.25, 0.3) is 0 Å². The lowest BCUT2D eigenvalue weighted by Gasteiger charge is -2.17. The van der Waals surface area contributed by atoms with Crippen LogP contribution in [0.5, 0.6) is 0 Å². The molecule has 0 fully saturated rings. The van der Waals surface area contributed by atoms with Crippen molar-refractivity contribution in [3.63, 3.8) is 0 Å². The average molecular weight is 269 g/mol. The molecule has 0 heterocycles. The summed E-state index contributed by atoms with van der Waals surface area (Å²) in [6, 6.07) is 0. The zero-order valence-corrected chi connectivity index (χ0v) is 14.5. The summed E-state index contributed by atoms with van der Waals surface area (Å²) in [6.45, 7) is 11.8. The van der Waals surface area contributed by atoms with Crippen molar-refractivity contribution in [3.8, 4) is 0 Å². The maximum absolute atomic E-state index is 2.44. The van der Waals surface area contributed by atoms with Crippen LogP contribution < -0.4 is 0 Å². The van der Waals surface area contributed by atoms with Gasteiger partial charge in [-0.2, -0.15) is 0 Å². The van der Waals surface area contributed by atoms with E-state index in [-0.39, 0.29) is 0 Å². The van der Waals surface area contributed by atoms with Crippen molar-refractivity contribution in [2.45, 2.75) is 105 Å². The molecule has 0 spiro atoms. The van der Waals surface area contributed by atoms with Crippen LogP contribution in [0.2, 0.25) is 0 Å². The lowest BCUT2D eigenvalue weighted by atomic mass is 9.89. The monoisotopic (exact) mass is 268 g/mol. The molecule has 0 bridgehead atoms. The van der Waals surface area contributed by atoms with Gasteiger partial charge >= 0.3 is 0 Å². The van der Waals surface area contributed by atoms with Crippen LogP contribution in [0.15, 0.2) is 0 Å². The Kier molecular flexibility index (Phi) is 13.0. The predicted molar refractivity (Wildman–Crippen MR) is 89.6 cm³/mol. The van der Waals surface area contributed by atoms with Gasteiger partial charge in [-0.1, -0.05) is 98.8 Å². The standard InChI is InChI=1S/C19H40/c1-6-8-9-10-11-14-19(7-2)15-12-13-18(5)16-17(3)4/h17-19H,6-16H2,1-5H3. The second-order valence-electron chi connectivity index (χ2n) is 7.14. The van der Waals surface area contributed by atoms with Crippen LogP contribution in [0, 0.1) is 17.8 Å². The highest BCUT2D eigenvalue weighted by Gasteiger charge is 2.09. The largest absolute Gasteiger partial charge is 0.0654 e. The Morgan fingerprint density at radius 2 is 1.32 bits per heavy atom. The summed E-state index contributed by atoms with van der Waals surface area (Å²) in [6.07, 6.45) is 15.9. The quantitative estimate of drug-likeness (QED) is 0.309. The molecule has 0 aliphatic carbocycles. The second kappa shape index (κ2) is 13.0. The van der Waals surface area contributed by atoms with E-state index < -0.39 is 0 Å². The van der Waals surface area contributed by atoms with Crippen molar-refractivity contribution in [2.24, 2.45) is 17.8 Å². The van der Waals surface area contributed by atoms with Gasteiger partial charge in [0.1, 0.15) is 0 Å². The third-order valence-electron chi connectivity index (χ3n) is 4.48. The molecule has 0 rings (SSSR count). The maximum atomic E-state index is 2.44. The van der Waals surface area contributed by atoms with Crippen molar-refractivity contribution in [1.29, 1.82) is 0 Å². The summed E-state index contributed by atoms with van der Waals surface area (Å²) in [5.74, 6) is 2.81. The Bertz CT molecular complexity index is 171. The van der Waals surface area contributed by atoms with Crippen LogP contribution >= 0.6 is 0 Å². The zero-order chi connectivity index (χ0) is 14.5. The van der Waals surface area contributed by atoms with Crippen molar-refractivity contribution in [2.75, 3.05) is 0 Å². The van der Waals surface area contributed by atoms with Crippen LogP contribution in [-0.4, -0.2) is 0 Å². The molecule has 0 aromatic heterocycles. The first-order valence-electron chi connectivity index (χ1n) is 9.10. The highest BCUT2D eigenvalue weighted by atomic mass is 14.1. The fourth-order valence-electron chi connectivity index (χ4n) is 3.27. The molecule has 0 radical (unpaired) electrons. The number of rotatable bonds is 13. The van der Waals surface area contributed by atoms with E-state index in [0.717, 1.165) is 17.8 Å². The van der Waals surface area contributed by atoms with Crippen molar-refractivity contribution in [1.82, 2.24) is 0 Å². The Morgan fingerprint density at radius 3 is 1.89 bits per heavy atom. The smallest absolute Gasteiger partial charge is 0.0417 e. The van der Waals surface area contributed by atoms with Gasteiger partial charge in [0, 0.05) is 0 Å². The highest BCUT2D eigenvalue weighted by Crippen LogP contribution is 2.23. The summed E-state index contributed by atoms with van der Waals surface area (Å²) in [5.41, 5.74) is 0. The van der Waals surface area contributed by atoms with Gasteiger partial charge in [0.2, 0.25) is 0 Å². The van der Waals surface area contributed by atoms with Crippen LogP contribution in [0.4, 0.5) is 0 Å². The SMILES string of the molecule is CCCCCCCC(CC)CCCC(C)CC(C)C.